The summed E-state index contributed by atoms with van der Waals surface area (Å²) in [6.45, 7) is 5.68. The number of hydrogen-bond donors (Lipinski definition) is 2. The van der Waals surface area contributed by atoms with Crippen molar-refractivity contribution < 1.29 is 19.1 Å². The first-order chi connectivity index (χ1) is 9.28. The van der Waals surface area contributed by atoms with Crippen LogP contribution < -0.4 is 5.32 Å². The van der Waals surface area contributed by atoms with Crippen molar-refractivity contribution in [3.8, 4) is 0 Å². The molecule has 0 aromatic carbocycles. The van der Waals surface area contributed by atoms with Crippen molar-refractivity contribution in [3.05, 3.63) is 23.7 Å². The molecule has 1 atom stereocenters. The van der Waals surface area contributed by atoms with Crippen molar-refractivity contribution >= 4 is 12.0 Å². The highest BCUT2D eigenvalue weighted by atomic mass is 16.4. The van der Waals surface area contributed by atoms with Gasteiger partial charge >= 0.3 is 12.0 Å². The van der Waals surface area contributed by atoms with Gasteiger partial charge in [-0.3, -0.25) is 4.79 Å². The van der Waals surface area contributed by atoms with Gasteiger partial charge in [0.25, 0.3) is 0 Å². The van der Waals surface area contributed by atoms with Crippen LogP contribution in [-0.2, 0) is 11.3 Å². The van der Waals surface area contributed by atoms with Gasteiger partial charge in [-0.1, -0.05) is 6.92 Å². The highest BCUT2D eigenvalue weighted by molar-refractivity contribution is 5.77. The van der Waals surface area contributed by atoms with Crippen LogP contribution in [0.25, 0.3) is 0 Å². The van der Waals surface area contributed by atoms with Gasteiger partial charge in [0.1, 0.15) is 11.5 Å². The molecule has 20 heavy (non-hydrogen) atoms. The highest BCUT2D eigenvalue weighted by Crippen LogP contribution is 2.20. The van der Waals surface area contributed by atoms with E-state index in [4.69, 9.17) is 9.52 Å². The molecule has 0 fully saturated rings. The van der Waals surface area contributed by atoms with E-state index in [1.54, 1.807) is 20.9 Å². The van der Waals surface area contributed by atoms with Gasteiger partial charge in [0.05, 0.1) is 12.0 Å². The minimum Gasteiger partial charge on any atom is -0.481 e. The van der Waals surface area contributed by atoms with Crippen molar-refractivity contribution in [2.75, 3.05) is 13.6 Å². The van der Waals surface area contributed by atoms with Crippen LogP contribution in [0.3, 0.4) is 0 Å². The molecule has 1 unspecified atom stereocenters. The smallest absolute Gasteiger partial charge is 0.317 e. The predicted molar refractivity (Wildman–Crippen MR) is 74.3 cm³/mol. The van der Waals surface area contributed by atoms with Crippen molar-refractivity contribution in [1.29, 1.82) is 0 Å². The number of carbonyl (C=O) groups is 2. The van der Waals surface area contributed by atoms with E-state index in [1.807, 2.05) is 19.1 Å². The van der Waals surface area contributed by atoms with Gasteiger partial charge in [-0.25, -0.2) is 4.79 Å². The fourth-order valence-corrected chi connectivity index (χ4v) is 1.63. The molecule has 1 aromatic heterocycles. The number of hydrogen-bond acceptors (Lipinski definition) is 3. The Hall–Kier alpha value is -1.98. The third-order valence-corrected chi connectivity index (χ3v) is 3.46. The fraction of sp³-hybridized carbons (Fsp3) is 0.571. The number of nitrogens with one attached hydrogen (secondary N) is 1. The summed E-state index contributed by atoms with van der Waals surface area (Å²) >= 11 is 0. The van der Waals surface area contributed by atoms with E-state index in [0.717, 1.165) is 5.76 Å². The third kappa shape index (κ3) is 4.01. The molecular formula is C14H22N2O4. The summed E-state index contributed by atoms with van der Waals surface area (Å²) in [5.74, 6) is 0.569. The molecule has 0 spiro atoms. The van der Waals surface area contributed by atoms with Crippen molar-refractivity contribution in [3.63, 3.8) is 0 Å². The summed E-state index contributed by atoms with van der Waals surface area (Å²) in [4.78, 5) is 24.5. The Labute approximate surface area is 118 Å². The van der Waals surface area contributed by atoms with Crippen LogP contribution in [0.1, 0.15) is 31.8 Å². The zero-order valence-electron chi connectivity index (χ0n) is 12.4. The Kier molecular flexibility index (Phi) is 5.19. The largest absolute Gasteiger partial charge is 0.481 e. The Morgan fingerprint density at radius 3 is 2.55 bits per heavy atom. The van der Waals surface area contributed by atoms with Crippen molar-refractivity contribution in [2.45, 2.75) is 33.7 Å². The number of aryl methyl sites for hydroxylation is 1. The van der Waals surface area contributed by atoms with Crippen LogP contribution in [0.4, 0.5) is 4.79 Å². The number of rotatable bonds is 6. The van der Waals surface area contributed by atoms with E-state index in [9.17, 15) is 9.59 Å². The number of carboxylic acids is 1. The molecule has 6 heteroatoms. The van der Waals surface area contributed by atoms with Gasteiger partial charge < -0.3 is 19.7 Å². The average molecular weight is 282 g/mol. The molecule has 0 bridgehead atoms. The lowest BCUT2D eigenvalue weighted by atomic mass is 9.88. The van der Waals surface area contributed by atoms with E-state index in [0.29, 0.717) is 18.7 Å². The number of furan rings is 1. The molecule has 112 valence electrons. The Morgan fingerprint density at radius 2 is 2.10 bits per heavy atom. The van der Waals surface area contributed by atoms with Crippen molar-refractivity contribution in [1.82, 2.24) is 10.2 Å². The summed E-state index contributed by atoms with van der Waals surface area (Å²) in [6, 6.07) is 3.33. The Bertz CT molecular complexity index is 483. The average Bonchev–Trinajstić information content (AvgIpc) is 2.80. The first-order valence-corrected chi connectivity index (χ1v) is 6.56. The first kappa shape index (κ1) is 16.1. The lowest BCUT2D eigenvalue weighted by Crippen LogP contribution is -2.45. The van der Waals surface area contributed by atoms with E-state index < -0.39 is 11.4 Å². The maximum Gasteiger partial charge on any atom is 0.317 e. The number of carboxylic acid groups (broad SMARTS) is 1. The molecule has 0 aliphatic heterocycles. The second-order valence-corrected chi connectivity index (χ2v) is 5.25. The van der Waals surface area contributed by atoms with Gasteiger partial charge in [-0.05, 0) is 32.4 Å². The maximum atomic E-state index is 11.9. The van der Waals surface area contributed by atoms with E-state index in [-0.39, 0.29) is 12.6 Å². The van der Waals surface area contributed by atoms with Gasteiger partial charge in [0.15, 0.2) is 0 Å². The lowest BCUT2D eigenvalue weighted by molar-refractivity contribution is -0.147. The molecule has 0 saturated carbocycles. The zero-order chi connectivity index (χ0) is 15.3. The molecule has 1 heterocycles. The number of urea groups is 1. The van der Waals surface area contributed by atoms with Gasteiger partial charge in [-0.15, -0.1) is 0 Å². The molecule has 2 N–H and O–H groups in total. The second kappa shape index (κ2) is 6.45. The fourth-order valence-electron chi connectivity index (χ4n) is 1.63. The molecule has 0 radical (unpaired) electrons. The maximum absolute atomic E-state index is 11.9. The SMILES string of the molecule is CCC(C)(CNC(=O)N(C)Cc1ccc(C)o1)C(=O)O. The van der Waals surface area contributed by atoms with E-state index in [2.05, 4.69) is 5.32 Å². The number of aliphatic carboxylic acids is 1. The summed E-state index contributed by atoms with van der Waals surface area (Å²) < 4.78 is 5.39. The van der Waals surface area contributed by atoms with Crippen LogP contribution in [0.2, 0.25) is 0 Å². The molecular weight excluding hydrogens is 260 g/mol. The van der Waals surface area contributed by atoms with Crippen LogP contribution in [0.15, 0.2) is 16.5 Å². The quantitative estimate of drug-likeness (QED) is 0.838. The second-order valence-electron chi connectivity index (χ2n) is 5.25. The Morgan fingerprint density at radius 1 is 1.45 bits per heavy atom. The number of amides is 2. The molecule has 0 saturated heterocycles. The highest BCUT2D eigenvalue weighted by Gasteiger charge is 2.31. The molecule has 6 nitrogen and oxygen atoms in total. The van der Waals surface area contributed by atoms with E-state index in [1.165, 1.54) is 4.90 Å². The lowest BCUT2D eigenvalue weighted by Gasteiger charge is -2.25. The molecule has 2 amide bonds. The minimum atomic E-state index is -0.947. The number of carbonyl (C=O) groups excluding carboxylic acids is 1. The third-order valence-electron chi connectivity index (χ3n) is 3.46. The van der Waals surface area contributed by atoms with Gasteiger partial charge in [0, 0.05) is 13.6 Å². The summed E-state index contributed by atoms with van der Waals surface area (Å²) in [5, 5.41) is 11.8. The zero-order valence-corrected chi connectivity index (χ0v) is 12.4. The van der Waals surface area contributed by atoms with E-state index >= 15 is 0 Å². The minimum absolute atomic E-state index is 0.0964. The predicted octanol–water partition coefficient (Wildman–Crippen LogP) is 2.23. The van der Waals surface area contributed by atoms with Crippen LogP contribution in [-0.4, -0.2) is 35.6 Å². The van der Waals surface area contributed by atoms with Gasteiger partial charge in [-0.2, -0.15) is 0 Å². The normalized spacial score (nSPS) is 13.6. The van der Waals surface area contributed by atoms with Crippen molar-refractivity contribution in [2.24, 2.45) is 5.41 Å². The molecule has 0 aliphatic rings. The number of nitrogens with zero attached hydrogens (tertiary/aromatic N) is 1. The molecule has 0 aliphatic carbocycles. The standard InChI is InChI=1S/C14H22N2O4/c1-5-14(3,12(17)18)9-15-13(19)16(4)8-11-7-6-10(2)20-11/h6-7H,5,8-9H2,1-4H3,(H,15,19)(H,17,18). The first-order valence-electron chi connectivity index (χ1n) is 6.56. The Balaban J connectivity index is 2.52. The molecule has 1 aromatic rings. The van der Waals surface area contributed by atoms with Crippen LogP contribution in [0.5, 0.6) is 0 Å². The monoisotopic (exact) mass is 282 g/mol. The van der Waals surface area contributed by atoms with Crippen LogP contribution >= 0.6 is 0 Å². The summed E-state index contributed by atoms with van der Waals surface area (Å²) in [6.07, 6.45) is 0.448. The summed E-state index contributed by atoms with van der Waals surface area (Å²) in [5.41, 5.74) is -0.947. The summed E-state index contributed by atoms with van der Waals surface area (Å²) in [7, 11) is 1.64. The molecule has 1 rings (SSSR count). The topological polar surface area (TPSA) is 82.8 Å². The van der Waals surface area contributed by atoms with Crippen LogP contribution in [0, 0.1) is 12.3 Å². The van der Waals surface area contributed by atoms with Gasteiger partial charge in [0.2, 0.25) is 0 Å².